The Kier molecular flexibility index (Phi) is 2.90. The number of rotatable bonds is 1. The number of aryl methyl sites for hydroxylation is 1. The van der Waals surface area contributed by atoms with E-state index in [1.807, 2.05) is 55.5 Å². The van der Waals surface area contributed by atoms with Crippen LogP contribution < -0.4 is 4.90 Å². The summed E-state index contributed by atoms with van der Waals surface area (Å²) in [5, 5.41) is 0. The first-order valence-corrected chi connectivity index (χ1v) is 6.59. The van der Waals surface area contributed by atoms with Crippen LogP contribution in [-0.2, 0) is 4.79 Å². The van der Waals surface area contributed by atoms with Gasteiger partial charge in [0.1, 0.15) is 6.04 Å². The average molecular weight is 265 g/mol. The van der Waals surface area contributed by atoms with Gasteiger partial charge in [0.25, 0.3) is 0 Å². The molecule has 3 nitrogen and oxygen atoms in total. The average Bonchev–Trinajstić information content (AvgIpc) is 2.73. The van der Waals surface area contributed by atoms with Crippen LogP contribution in [0.25, 0.3) is 0 Å². The van der Waals surface area contributed by atoms with Crippen molar-refractivity contribution in [3.63, 3.8) is 0 Å². The molecule has 2 aromatic rings. The Morgan fingerprint density at radius 1 is 1.10 bits per heavy atom. The van der Waals surface area contributed by atoms with Crippen molar-refractivity contribution in [2.24, 2.45) is 0 Å². The predicted molar refractivity (Wildman–Crippen MR) is 77.9 cm³/mol. The van der Waals surface area contributed by atoms with Crippen molar-refractivity contribution in [3.8, 4) is 0 Å². The second kappa shape index (κ2) is 4.60. The maximum atomic E-state index is 12.7. The van der Waals surface area contributed by atoms with Gasteiger partial charge in [-0.1, -0.05) is 42.0 Å². The van der Waals surface area contributed by atoms with Gasteiger partial charge in [-0.25, -0.2) is 0 Å². The minimum Gasteiger partial charge on any atom is -0.297 e. The van der Waals surface area contributed by atoms with Gasteiger partial charge in [0.2, 0.25) is 5.91 Å². The lowest BCUT2D eigenvalue weighted by atomic mass is 10.0. The van der Waals surface area contributed by atoms with Crippen LogP contribution in [0.2, 0.25) is 0 Å². The molecule has 0 radical (unpaired) electrons. The lowest BCUT2D eigenvalue weighted by molar-refractivity contribution is -0.116. The molecule has 3 heteroatoms. The highest BCUT2D eigenvalue weighted by atomic mass is 16.2. The van der Waals surface area contributed by atoms with Crippen molar-refractivity contribution in [2.45, 2.75) is 19.9 Å². The smallest absolute Gasteiger partial charge is 0.224 e. The van der Waals surface area contributed by atoms with E-state index in [1.54, 1.807) is 4.90 Å². The van der Waals surface area contributed by atoms with Crippen molar-refractivity contribution in [2.75, 3.05) is 4.90 Å². The number of nitrogens with zero attached hydrogens (tertiary/aromatic N) is 1. The summed E-state index contributed by atoms with van der Waals surface area (Å²) >= 11 is 0. The SMILES string of the molecule is CC(=O)N1c2ccc(C)cc2C(=O)C1c1ccccc1. The fourth-order valence-electron chi connectivity index (χ4n) is 2.75. The third kappa shape index (κ3) is 1.83. The first-order valence-electron chi connectivity index (χ1n) is 6.59. The molecular formula is C17H15NO2. The van der Waals surface area contributed by atoms with E-state index in [-0.39, 0.29) is 11.7 Å². The molecule has 3 rings (SSSR count). The van der Waals surface area contributed by atoms with Crippen LogP contribution in [0.4, 0.5) is 5.69 Å². The number of fused-ring (bicyclic) bond motifs is 1. The fraction of sp³-hybridized carbons (Fsp3) is 0.176. The minimum absolute atomic E-state index is 0.00917. The monoisotopic (exact) mass is 265 g/mol. The third-order valence-corrected chi connectivity index (χ3v) is 3.64. The van der Waals surface area contributed by atoms with E-state index in [1.165, 1.54) is 6.92 Å². The van der Waals surface area contributed by atoms with E-state index < -0.39 is 6.04 Å². The molecule has 0 saturated heterocycles. The standard InChI is InChI=1S/C17H15NO2/c1-11-8-9-15-14(10-11)17(20)16(18(15)12(2)19)13-6-4-3-5-7-13/h3-10,16H,1-2H3. The molecule has 0 fully saturated rings. The highest BCUT2D eigenvalue weighted by Crippen LogP contribution is 2.40. The maximum Gasteiger partial charge on any atom is 0.224 e. The molecule has 0 saturated carbocycles. The Balaban J connectivity index is 2.18. The van der Waals surface area contributed by atoms with E-state index in [0.29, 0.717) is 11.3 Å². The second-order valence-corrected chi connectivity index (χ2v) is 5.09. The zero-order valence-electron chi connectivity index (χ0n) is 11.5. The summed E-state index contributed by atoms with van der Waals surface area (Å²) in [6, 6.07) is 14.5. The molecule has 0 aromatic heterocycles. The van der Waals surface area contributed by atoms with E-state index >= 15 is 0 Å². The Hall–Kier alpha value is -2.42. The number of Topliss-reactive ketones (excluding diaryl/α,β-unsaturated/α-hetero) is 1. The molecule has 2 aromatic carbocycles. The molecule has 1 aliphatic heterocycles. The zero-order valence-corrected chi connectivity index (χ0v) is 11.5. The van der Waals surface area contributed by atoms with Gasteiger partial charge in [0, 0.05) is 12.5 Å². The number of benzene rings is 2. The van der Waals surface area contributed by atoms with Gasteiger partial charge in [0.15, 0.2) is 5.78 Å². The van der Waals surface area contributed by atoms with E-state index in [0.717, 1.165) is 11.1 Å². The molecule has 1 heterocycles. The van der Waals surface area contributed by atoms with Gasteiger partial charge in [-0.15, -0.1) is 0 Å². The molecular weight excluding hydrogens is 250 g/mol. The van der Waals surface area contributed by atoms with Crippen molar-refractivity contribution in [1.82, 2.24) is 0 Å². The Morgan fingerprint density at radius 3 is 2.45 bits per heavy atom. The van der Waals surface area contributed by atoms with Crippen LogP contribution in [0.1, 0.15) is 34.5 Å². The number of hydrogen-bond donors (Lipinski definition) is 0. The van der Waals surface area contributed by atoms with E-state index in [9.17, 15) is 9.59 Å². The number of carbonyl (C=O) groups is 2. The number of carbonyl (C=O) groups excluding carboxylic acids is 2. The summed E-state index contributed by atoms with van der Waals surface area (Å²) in [7, 11) is 0. The number of ketones is 1. The summed E-state index contributed by atoms with van der Waals surface area (Å²) in [5.41, 5.74) is 3.21. The predicted octanol–water partition coefficient (Wildman–Crippen LogP) is 3.29. The van der Waals surface area contributed by atoms with Gasteiger partial charge >= 0.3 is 0 Å². The van der Waals surface area contributed by atoms with E-state index in [4.69, 9.17) is 0 Å². The van der Waals surface area contributed by atoms with Crippen LogP contribution in [0.3, 0.4) is 0 Å². The van der Waals surface area contributed by atoms with Crippen LogP contribution in [0.5, 0.6) is 0 Å². The second-order valence-electron chi connectivity index (χ2n) is 5.09. The molecule has 0 spiro atoms. The van der Waals surface area contributed by atoms with Crippen molar-refractivity contribution in [1.29, 1.82) is 0 Å². The van der Waals surface area contributed by atoms with Gasteiger partial charge in [-0.3, -0.25) is 14.5 Å². The number of hydrogen-bond acceptors (Lipinski definition) is 2. The molecule has 0 bridgehead atoms. The first-order chi connectivity index (χ1) is 9.59. The molecule has 0 N–H and O–H groups in total. The number of amides is 1. The molecule has 100 valence electrons. The third-order valence-electron chi connectivity index (χ3n) is 3.64. The lowest BCUT2D eigenvalue weighted by Crippen LogP contribution is -2.31. The molecule has 0 aliphatic carbocycles. The highest BCUT2D eigenvalue weighted by molar-refractivity contribution is 6.17. The van der Waals surface area contributed by atoms with Gasteiger partial charge < -0.3 is 0 Å². The van der Waals surface area contributed by atoms with Gasteiger partial charge in [-0.05, 0) is 24.6 Å². The summed E-state index contributed by atoms with van der Waals surface area (Å²) in [5.74, 6) is -0.125. The fourth-order valence-corrected chi connectivity index (χ4v) is 2.75. The normalized spacial score (nSPS) is 17.2. The topological polar surface area (TPSA) is 37.4 Å². The van der Waals surface area contributed by atoms with Crippen molar-refractivity contribution >= 4 is 17.4 Å². The van der Waals surface area contributed by atoms with E-state index in [2.05, 4.69) is 0 Å². The Bertz CT molecular complexity index is 691. The summed E-state index contributed by atoms with van der Waals surface area (Å²) in [6.45, 7) is 3.44. The maximum absolute atomic E-state index is 12.7. The summed E-state index contributed by atoms with van der Waals surface area (Å²) < 4.78 is 0. The minimum atomic E-state index is -0.537. The van der Waals surface area contributed by atoms with Crippen LogP contribution in [-0.4, -0.2) is 11.7 Å². The lowest BCUT2D eigenvalue weighted by Gasteiger charge is -2.23. The van der Waals surface area contributed by atoms with Crippen LogP contribution in [0, 0.1) is 6.92 Å². The van der Waals surface area contributed by atoms with Crippen LogP contribution >= 0.6 is 0 Å². The molecule has 1 unspecified atom stereocenters. The quantitative estimate of drug-likeness (QED) is 0.793. The summed E-state index contributed by atoms with van der Waals surface area (Å²) in [4.78, 5) is 26.3. The Labute approximate surface area is 117 Å². The molecule has 1 amide bonds. The summed E-state index contributed by atoms with van der Waals surface area (Å²) in [6.07, 6.45) is 0. The van der Waals surface area contributed by atoms with Crippen molar-refractivity contribution in [3.05, 3.63) is 65.2 Å². The molecule has 1 atom stereocenters. The van der Waals surface area contributed by atoms with Crippen LogP contribution in [0.15, 0.2) is 48.5 Å². The Morgan fingerprint density at radius 2 is 1.80 bits per heavy atom. The zero-order chi connectivity index (χ0) is 14.3. The number of anilines is 1. The first kappa shape index (κ1) is 12.6. The molecule has 20 heavy (non-hydrogen) atoms. The van der Waals surface area contributed by atoms with Crippen molar-refractivity contribution < 1.29 is 9.59 Å². The molecule has 1 aliphatic rings. The van der Waals surface area contributed by atoms with Gasteiger partial charge in [0.05, 0.1) is 5.69 Å². The van der Waals surface area contributed by atoms with Gasteiger partial charge in [-0.2, -0.15) is 0 Å². The highest BCUT2D eigenvalue weighted by Gasteiger charge is 2.40. The largest absolute Gasteiger partial charge is 0.297 e.